The number of carbonyl (C=O) groups is 2. The van der Waals surface area contributed by atoms with Crippen LogP contribution in [0, 0.1) is 0 Å². The second-order valence-electron chi connectivity index (χ2n) is 4.49. The molecule has 116 valence electrons. The molecule has 0 aliphatic heterocycles. The van der Waals surface area contributed by atoms with Crippen LogP contribution in [0.25, 0.3) is 0 Å². The fraction of sp³-hybridized carbons (Fsp3) is 0.250. The summed E-state index contributed by atoms with van der Waals surface area (Å²) < 4.78 is 5.33. The van der Waals surface area contributed by atoms with Crippen molar-refractivity contribution in [1.82, 2.24) is 5.32 Å². The van der Waals surface area contributed by atoms with Gasteiger partial charge in [0.1, 0.15) is 5.75 Å². The minimum atomic E-state index is -0.149. The Hall–Kier alpha value is -2.34. The Morgan fingerprint density at radius 1 is 1.18 bits per heavy atom. The Bertz CT molecular complexity index is 609. The lowest BCUT2D eigenvalue weighted by atomic mass is 10.3. The molecule has 0 saturated carbocycles. The molecule has 2 aromatic rings. The molecule has 2 N–H and O–H groups in total. The first-order valence-electron chi connectivity index (χ1n) is 7.03. The standard InChI is InChI=1S/C16H18N2O3S/c1-2-21-13-7-5-12(6-8-13)18-15(19)9-10-17-16(20)14-4-3-11-22-14/h3-8,11H,2,9-10H2,1H3,(H,17,20)(H,18,19). The lowest BCUT2D eigenvalue weighted by molar-refractivity contribution is -0.116. The lowest BCUT2D eigenvalue weighted by Gasteiger charge is -2.07. The number of benzene rings is 1. The van der Waals surface area contributed by atoms with E-state index in [1.165, 1.54) is 11.3 Å². The van der Waals surface area contributed by atoms with Gasteiger partial charge in [0.2, 0.25) is 5.91 Å². The minimum absolute atomic E-state index is 0.143. The minimum Gasteiger partial charge on any atom is -0.494 e. The molecule has 1 heterocycles. The van der Waals surface area contributed by atoms with E-state index in [1.807, 2.05) is 18.4 Å². The molecular weight excluding hydrogens is 300 g/mol. The molecule has 2 rings (SSSR count). The summed E-state index contributed by atoms with van der Waals surface area (Å²) in [7, 11) is 0. The maximum absolute atomic E-state index is 11.8. The largest absolute Gasteiger partial charge is 0.494 e. The van der Waals surface area contributed by atoms with E-state index in [2.05, 4.69) is 10.6 Å². The maximum Gasteiger partial charge on any atom is 0.261 e. The van der Waals surface area contributed by atoms with Crippen LogP contribution in [0.4, 0.5) is 5.69 Å². The maximum atomic E-state index is 11.8. The van der Waals surface area contributed by atoms with Gasteiger partial charge in [-0.05, 0) is 42.6 Å². The summed E-state index contributed by atoms with van der Waals surface area (Å²) in [5.74, 6) is 0.475. The summed E-state index contributed by atoms with van der Waals surface area (Å²) in [4.78, 5) is 24.1. The van der Waals surface area contributed by atoms with Crippen LogP contribution in [0.15, 0.2) is 41.8 Å². The third-order valence-electron chi connectivity index (χ3n) is 2.83. The van der Waals surface area contributed by atoms with Crippen LogP contribution in [0.2, 0.25) is 0 Å². The fourth-order valence-corrected chi connectivity index (χ4v) is 2.45. The number of rotatable bonds is 7. The molecule has 0 aliphatic rings. The number of hydrogen-bond acceptors (Lipinski definition) is 4. The number of anilines is 1. The van der Waals surface area contributed by atoms with E-state index in [0.717, 1.165) is 5.75 Å². The number of carbonyl (C=O) groups excluding carboxylic acids is 2. The Labute approximate surface area is 133 Å². The zero-order valence-corrected chi connectivity index (χ0v) is 13.1. The topological polar surface area (TPSA) is 67.4 Å². The monoisotopic (exact) mass is 318 g/mol. The molecule has 0 spiro atoms. The van der Waals surface area contributed by atoms with Crippen LogP contribution in [0.3, 0.4) is 0 Å². The zero-order valence-electron chi connectivity index (χ0n) is 12.3. The van der Waals surface area contributed by atoms with E-state index in [1.54, 1.807) is 30.3 Å². The van der Waals surface area contributed by atoms with Gasteiger partial charge in [-0.1, -0.05) is 6.07 Å². The molecule has 0 fully saturated rings. The van der Waals surface area contributed by atoms with Crippen molar-refractivity contribution in [3.8, 4) is 5.75 Å². The molecular formula is C16H18N2O3S. The highest BCUT2D eigenvalue weighted by atomic mass is 32.1. The van der Waals surface area contributed by atoms with Crippen LogP contribution < -0.4 is 15.4 Å². The van der Waals surface area contributed by atoms with E-state index in [9.17, 15) is 9.59 Å². The van der Waals surface area contributed by atoms with Gasteiger partial charge >= 0.3 is 0 Å². The highest BCUT2D eigenvalue weighted by Crippen LogP contribution is 2.15. The van der Waals surface area contributed by atoms with E-state index in [0.29, 0.717) is 23.7 Å². The number of amides is 2. The molecule has 0 aliphatic carbocycles. The van der Waals surface area contributed by atoms with E-state index < -0.39 is 0 Å². The van der Waals surface area contributed by atoms with E-state index in [-0.39, 0.29) is 18.2 Å². The Balaban J connectivity index is 1.72. The summed E-state index contributed by atoms with van der Waals surface area (Å²) in [6, 6.07) is 10.7. The summed E-state index contributed by atoms with van der Waals surface area (Å²) in [6.45, 7) is 2.83. The predicted molar refractivity (Wildman–Crippen MR) is 87.5 cm³/mol. The van der Waals surface area contributed by atoms with Gasteiger partial charge in [0, 0.05) is 18.7 Å². The highest BCUT2D eigenvalue weighted by molar-refractivity contribution is 7.12. The van der Waals surface area contributed by atoms with Gasteiger partial charge in [-0.3, -0.25) is 9.59 Å². The quantitative estimate of drug-likeness (QED) is 0.825. The van der Waals surface area contributed by atoms with Crippen LogP contribution in [0.1, 0.15) is 23.0 Å². The van der Waals surface area contributed by atoms with Gasteiger partial charge in [-0.25, -0.2) is 0 Å². The average molecular weight is 318 g/mol. The van der Waals surface area contributed by atoms with Crippen molar-refractivity contribution in [3.05, 3.63) is 46.7 Å². The van der Waals surface area contributed by atoms with Crippen LogP contribution in [-0.4, -0.2) is 25.0 Å². The number of thiophene rings is 1. The fourth-order valence-electron chi connectivity index (χ4n) is 1.81. The van der Waals surface area contributed by atoms with Crippen molar-refractivity contribution in [3.63, 3.8) is 0 Å². The highest BCUT2D eigenvalue weighted by Gasteiger charge is 2.07. The van der Waals surface area contributed by atoms with Crippen LogP contribution in [-0.2, 0) is 4.79 Å². The van der Waals surface area contributed by atoms with Gasteiger partial charge in [-0.2, -0.15) is 0 Å². The second-order valence-corrected chi connectivity index (χ2v) is 5.44. The molecule has 6 heteroatoms. The summed E-state index contributed by atoms with van der Waals surface area (Å²) in [5, 5.41) is 7.34. The number of ether oxygens (including phenoxy) is 1. The van der Waals surface area contributed by atoms with Crippen molar-refractivity contribution >= 4 is 28.8 Å². The first-order valence-corrected chi connectivity index (χ1v) is 7.91. The summed E-state index contributed by atoms with van der Waals surface area (Å²) in [6.07, 6.45) is 0.227. The zero-order chi connectivity index (χ0) is 15.8. The summed E-state index contributed by atoms with van der Waals surface area (Å²) in [5.41, 5.74) is 0.707. The normalized spacial score (nSPS) is 10.0. The molecule has 1 aromatic carbocycles. The number of hydrogen-bond donors (Lipinski definition) is 2. The Kier molecular flexibility index (Phi) is 5.97. The van der Waals surface area contributed by atoms with Gasteiger partial charge in [0.25, 0.3) is 5.91 Å². The van der Waals surface area contributed by atoms with Gasteiger partial charge < -0.3 is 15.4 Å². The molecule has 5 nitrogen and oxygen atoms in total. The third kappa shape index (κ3) is 4.89. The van der Waals surface area contributed by atoms with Crippen LogP contribution >= 0.6 is 11.3 Å². The van der Waals surface area contributed by atoms with Crippen molar-refractivity contribution in [2.75, 3.05) is 18.5 Å². The molecule has 0 unspecified atom stereocenters. The Morgan fingerprint density at radius 3 is 2.59 bits per heavy atom. The van der Waals surface area contributed by atoms with Gasteiger partial charge in [-0.15, -0.1) is 11.3 Å². The first-order chi connectivity index (χ1) is 10.7. The van der Waals surface area contributed by atoms with Crippen LogP contribution in [0.5, 0.6) is 5.75 Å². The smallest absolute Gasteiger partial charge is 0.261 e. The van der Waals surface area contributed by atoms with Gasteiger partial charge in [0.15, 0.2) is 0 Å². The second kappa shape index (κ2) is 8.19. The first kappa shape index (κ1) is 16.0. The molecule has 0 radical (unpaired) electrons. The SMILES string of the molecule is CCOc1ccc(NC(=O)CCNC(=O)c2cccs2)cc1. The molecule has 22 heavy (non-hydrogen) atoms. The Morgan fingerprint density at radius 2 is 1.95 bits per heavy atom. The molecule has 0 atom stereocenters. The van der Waals surface area contributed by atoms with Crippen molar-refractivity contribution in [2.24, 2.45) is 0 Å². The average Bonchev–Trinajstić information content (AvgIpc) is 3.04. The van der Waals surface area contributed by atoms with Crippen molar-refractivity contribution in [1.29, 1.82) is 0 Å². The molecule has 0 bridgehead atoms. The molecule has 1 aromatic heterocycles. The molecule has 0 saturated heterocycles. The predicted octanol–water partition coefficient (Wildman–Crippen LogP) is 2.91. The molecule has 2 amide bonds. The van der Waals surface area contributed by atoms with Gasteiger partial charge in [0.05, 0.1) is 11.5 Å². The lowest BCUT2D eigenvalue weighted by Crippen LogP contribution is -2.27. The number of nitrogens with one attached hydrogen (secondary N) is 2. The third-order valence-corrected chi connectivity index (χ3v) is 3.70. The summed E-state index contributed by atoms with van der Waals surface area (Å²) >= 11 is 1.37. The van der Waals surface area contributed by atoms with Crippen molar-refractivity contribution in [2.45, 2.75) is 13.3 Å². The van der Waals surface area contributed by atoms with E-state index >= 15 is 0 Å². The van der Waals surface area contributed by atoms with E-state index in [4.69, 9.17) is 4.74 Å². The van der Waals surface area contributed by atoms with Crippen molar-refractivity contribution < 1.29 is 14.3 Å².